The number of nitrogens with zero attached hydrogens (tertiary/aromatic N) is 2. The standard InChI is InChI=1S/C14H25N3/c1-3-4-7-10-17-11-12(2)15-14(17)16-13-8-5-6-9-13/h11,13H,3-10H2,1-2H3,(H,15,16). The maximum absolute atomic E-state index is 4.60. The van der Waals surface area contributed by atoms with E-state index in [2.05, 4.69) is 34.9 Å². The first kappa shape index (κ1) is 12.5. The van der Waals surface area contributed by atoms with Gasteiger partial charge in [-0.1, -0.05) is 32.6 Å². The minimum Gasteiger partial charge on any atom is -0.353 e. The second-order valence-electron chi connectivity index (χ2n) is 5.23. The van der Waals surface area contributed by atoms with Crippen molar-refractivity contribution in [3.63, 3.8) is 0 Å². The molecule has 3 nitrogen and oxygen atoms in total. The highest BCUT2D eigenvalue weighted by atomic mass is 15.2. The molecule has 2 rings (SSSR count). The van der Waals surface area contributed by atoms with E-state index >= 15 is 0 Å². The van der Waals surface area contributed by atoms with Crippen molar-refractivity contribution in [2.24, 2.45) is 0 Å². The molecule has 96 valence electrons. The van der Waals surface area contributed by atoms with Gasteiger partial charge in [0, 0.05) is 18.8 Å². The number of imidazole rings is 1. The monoisotopic (exact) mass is 235 g/mol. The van der Waals surface area contributed by atoms with Crippen LogP contribution in [-0.4, -0.2) is 15.6 Å². The molecule has 1 aromatic rings. The number of nitrogens with one attached hydrogen (secondary N) is 1. The lowest BCUT2D eigenvalue weighted by Gasteiger charge is -2.14. The molecule has 0 spiro atoms. The second kappa shape index (κ2) is 6.08. The predicted molar refractivity (Wildman–Crippen MR) is 72.4 cm³/mol. The van der Waals surface area contributed by atoms with Crippen LogP contribution in [0.2, 0.25) is 0 Å². The maximum Gasteiger partial charge on any atom is 0.203 e. The van der Waals surface area contributed by atoms with Crippen molar-refractivity contribution < 1.29 is 0 Å². The first-order valence-electron chi connectivity index (χ1n) is 7.10. The van der Waals surface area contributed by atoms with Crippen molar-refractivity contribution in [3.05, 3.63) is 11.9 Å². The Morgan fingerprint density at radius 3 is 2.82 bits per heavy atom. The smallest absolute Gasteiger partial charge is 0.203 e. The number of rotatable bonds is 6. The summed E-state index contributed by atoms with van der Waals surface area (Å²) in [5.74, 6) is 1.09. The third-order valence-corrected chi connectivity index (χ3v) is 3.59. The van der Waals surface area contributed by atoms with E-state index in [9.17, 15) is 0 Å². The molecular formula is C14H25N3. The molecule has 0 amide bonds. The molecule has 1 aromatic heterocycles. The molecule has 0 unspecified atom stereocenters. The topological polar surface area (TPSA) is 29.9 Å². The Kier molecular flexibility index (Phi) is 4.46. The van der Waals surface area contributed by atoms with Gasteiger partial charge in [0.05, 0.1) is 5.69 Å². The fourth-order valence-corrected chi connectivity index (χ4v) is 2.62. The Bertz CT molecular complexity index is 337. The van der Waals surface area contributed by atoms with E-state index in [-0.39, 0.29) is 0 Å². The van der Waals surface area contributed by atoms with Gasteiger partial charge in [0.25, 0.3) is 0 Å². The molecule has 0 atom stereocenters. The molecule has 1 N–H and O–H groups in total. The van der Waals surface area contributed by atoms with Crippen LogP contribution >= 0.6 is 0 Å². The Morgan fingerprint density at radius 2 is 2.12 bits per heavy atom. The number of hydrogen-bond donors (Lipinski definition) is 1. The quantitative estimate of drug-likeness (QED) is 0.761. The SMILES string of the molecule is CCCCCn1cc(C)nc1NC1CCCC1. The minimum atomic E-state index is 0.654. The van der Waals surface area contributed by atoms with Crippen LogP contribution in [-0.2, 0) is 6.54 Å². The number of hydrogen-bond acceptors (Lipinski definition) is 2. The molecule has 1 aliphatic carbocycles. The van der Waals surface area contributed by atoms with E-state index in [0.29, 0.717) is 6.04 Å². The van der Waals surface area contributed by atoms with Crippen molar-refractivity contribution in [1.29, 1.82) is 0 Å². The largest absolute Gasteiger partial charge is 0.353 e. The molecule has 0 bridgehead atoms. The Labute approximate surface area is 105 Å². The zero-order valence-electron chi connectivity index (χ0n) is 11.2. The zero-order chi connectivity index (χ0) is 12.1. The van der Waals surface area contributed by atoms with Crippen LogP contribution in [0.5, 0.6) is 0 Å². The molecule has 0 aliphatic heterocycles. The first-order chi connectivity index (χ1) is 8.29. The fourth-order valence-electron chi connectivity index (χ4n) is 2.62. The van der Waals surface area contributed by atoms with E-state index in [1.807, 2.05) is 0 Å². The maximum atomic E-state index is 4.60. The van der Waals surface area contributed by atoms with Crippen LogP contribution < -0.4 is 5.32 Å². The van der Waals surface area contributed by atoms with Crippen LogP contribution in [0.1, 0.15) is 57.6 Å². The normalized spacial score (nSPS) is 16.6. The number of aryl methyl sites for hydroxylation is 2. The molecule has 1 aliphatic rings. The summed E-state index contributed by atoms with van der Waals surface area (Å²) in [4.78, 5) is 4.60. The summed E-state index contributed by atoms with van der Waals surface area (Å²) in [6, 6.07) is 0.654. The van der Waals surface area contributed by atoms with Crippen LogP contribution in [0, 0.1) is 6.92 Å². The zero-order valence-corrected chi connectivity index (χ0v) is 11.2. The number of aromatic nitrogens is 2. The first-order valence-corrected chi connectivity index (χ1v) is 7.10. The highest BCUT2D eigenvalue weighted by Gasteiger charge is 2.16. The van der Waals surface area contributed by atoms with Gasteiger partial charge in [-0.15, -0.1) is 0 Å². The van der Waals surface area contributed by atoms with Gasteiger partial charge in [0.2, 0.25) is 5.95 Å². The van der Waals surface area contributed by atoms with Gasteiger partial charge in [-0.3, -0.25) is 0 Å². The van der Waals surface area contributed by atoms with Gasteiger partial charge in [0.15, 0.2) is 0 Å². The van der Waals surface area contributed by atoms with Gasteiger partial charge < -0.3 is 9.88 Å². The number of anilines is 1. The van der Waals surface area contributed by atoms with E-state index in [1.165, 1.54) is 44.9 Å². The van der Waals surface area contributed by atoms with Crippen LogP contribution in [0.3, 0.4) is 0 Å². The van der Waals surface area contributed by atoms with Crippen molar-refractivity contribution in [2.75, 3.05) is 5.32 Å². The molecule has 0 saturated heterocycles. The van der Waals surface area contributed by atoms with Crippen LogP contribution in [0.25, 0.3) is 0 Å². The Balaban J connectivity index is 1.94. The Morgan fingerprint density at radius 1 is 1.35 bits per heavy atom. The molecule has 1 fully saturated rings. The lowest BCUT2D eigenvalue weighted by atomic mass is 10.2. The third kappa shape index (κ3) is 3.48. The lowest BCUT2D eigenvalue weighted by Crippen LogP contribution is -2.18. The van der Waals surface area contributed by atoms with E-state index < -0.39 is 0 Å². The molecular weight excluding hydrogens is 210 g/mol. The molecule has 0 aromatic carbocycles. The summed E-state index contributed by atoms with van der Waals surface area (Å²) in [6.45, 7) is 5.43. The van der Waals surface area contributed by atoms with Crippen LogP contribution in [0.4, 0.5) is 5.95 Å². The highest BCUT2D eigenvalue weighted by molar-refractivity contribution is 5.30. The molecule has 0 radical (unpaired) electrons. The van der Waals surface area contributed by atoms with Crippen molar-refractivity contribution in [3.8, 4) is 0 Å². The minimum absolute atomic E-state index is 0.654. The van der Waals surface area contributed by atoms with E-state index in [4.69, 9.17) is 0 Å². The summed E-state index contributed by atoms with van der Waals surface area (Å²) in [5.41, 5.74) is 1.13. The number of unbranched alkanes of at least 4 members (excludes halogenated alkanes) is 2. The average molecular weight is 235 g/mol. The molecule has 17 heavy (non-hydrogen) atoms. The van der Waals surface area contributed by atoms with Crippen molar-refractivity contribution in [2.45, 2.75) is 71.4 Å². The summed E-state index contributed by atoms with van der Waals surface area (Å²) in [6.07, 6.45) is 11.4. The summed E-state index contributed by atoms with van der Waals surface area (Å²) < 4.78 is 2.29. The fraction of sp³-hybridized carbons (Fsp3) is 0.786. The van der Waals surface area contributed by atoms with Crippen molar-refractivity contribution in [1.82, 2.24) is 9.55 Å². The van der Waals surface area contributed by atoms with Crippen molar-refractivity contribution >= 4 is 5.95 Å². The lowest BCUT2D eigenvalue weighted by molar-refractivity contribution is 0.599. The van der Waals surface area contributed by atoms with E-state index in [0.717, 1.165) is 18.2 Å². The molecule has 3 heteroatoms. The second-order valence-corrected chi connectivity index (χ2v) is 5.23. The van der Waals surface area contributed by atoms with E-state index in [1.54, 1.807) is 0 Å². The van der Waals surface area contributed by atoms with Gasteiger partial charge in [-0.2, -0.15) is 0 Å². The average Bonchev–Trinajstić information content (AvgIpc) is 2.90. The Hall–Kier alpha value is -0.990. The summed E-state index contributed by atoms with van der Waals surface area (Å²) in [5, 5.41) is 3.61. The highest BCUT2D eigenvalue weighted by Crippen LogP contribution is 2.22. The van der Waals surface area contributed by atoms with Crippen LogP contribution in [0.15, 0.2) is 6.20 Å². The van der Waals surface area contributed by atoms with Gasteiger partial charge >= 0.3 is 0 Å². The molecule has 1 heterocycles. The predicted octanol–water partition coefficient (Wildman–Crippen LogP) is 3.74. The molecule has 1 saturated carbocycles. The third-order valence-electron chi connectivity index (χ3n) is 3.59. The summed E-state index contributed by atoms with van der Waals surface area (Å²) >= 11 is 0. The van der Waals surface area contributed by atoms with Gasteiger partial charge in [-0.05, 0) is 26.2 Å². The van der Waals surface area contributed by atoms with Gasteiger partial charge in [-0.25, -0.2) is 4.98 Å². The van der Waals surface area contributed by atoms with Gasteiger partial charge in [0.1, 0.15) is 0 Å². The summed E-state index contributed by atoms with van der Waals surface area (Å²) in [7, 11) is 0.